The minimum absolute atomic E-state index is 0.0324. The lowest BCUT2D eigenvalue weighted by Crippen LogP contribution is -2.03. The number of anilines is 1. The molecule has 2 aromatic carbocycles. The number of hydrogen-bond donors (Lipinski definition) is 1. The Morgan fingerprint density at radius 1 is 1.00 bits per heavy atom. The van der Waals surface area contributed by atoms with Crippen molar-refractivity contribution < 1.29 is 9.36 Å². The van der Waals surface area contributed by atoms with Crippen molar-refractivity contribution in [2.45, 2.75) is 6.92 Å². The quantitative estimate of drug-likeness (QED) is 0.635. The zero-order chi connectivity index (χ0) is 16.9. The van der Waals surface area contributed by atoms with Crippen LogP contribution in [0.15, 0.2) is 54.6 Å². The SMILES string of the molecule is CCP(C)(C)=O.O=C1Nc2ccccc2/C1=C/c1ccccc1. The van der Waals surface area contributed by atoms with Gasteiger partial charge in [0.15, 0.2) is 0 Å². The Morgan fingerprint density at radius 3 is 2.17 bits per heavy atom. The van der Waals surface area contributed by atoms with Crippen LogP contribution in [-0.4, -0.2) is 25.4 Å². The molecule has 0 fully saturated rings. The van der Waals surface area contributed by atoms with E-state index in [-0.39, 0.29) is 5.91 Å². The van der Waals surface area contributed by atoms with Crippen LogP contribution < -0.4 is 5.32 Å². The Hall–Kier alpha value is -2.12. The summed E-state index contributed by atoms with van der Waals surface area (Å²) in [5.74, 6) is -0.0324. The van der Waals surface area contributed by atoms with Crippen molar-refractivity contribution in [3.63, 3.8) is 0 Å². The molecule has 23 heavy (non-hydrogen) atoms. The van der Waals surface area contributed by atoms with Gasteiger partial charge in [-0.1, -0.05) is 55.5 Å². The Kier molecular flexibility index (Phi) is 5.57. The maximum absolute atomic E-state index is 11.9. The van der Waals surface area contributed by atoms with Crippen LogP contribution in [0.4, 0.5) is 5.69 Å². The Bertz CT molecular complexity index is 760. The topological polar surface area (TPSA) is 46.2 Å². The average Bonchev–Trinajstić information content (AvgIpc) is 2.84. The van der Waals surface area contributed by atoms with Crippen molar-refractivity contribution in [3.8, 4) is 0 Å². The van der Waals surface area contributed by atoms with Gasteiger partial charge in [-0.2, -0.15) is 0 Å². The van der Waals surface area contributed by atoms with Gasteiger partial charge in [0.1, 0.15) is 0 Å². The second-order valence-electron chi connectivity index (χ2n) is 5.86. The number of nitrogens with one attached hydrogen (secondary N) is 1. The molecule has 0 spiro atoms. The minimum Gasteiger partial charge on any atom is -0.324 e. The monoisotopic (exact) mass is 327 g/mol. The Balaban J connectivity index is 0.000000277. The maximum Gasteiger partial charge on any atom is 0.256 e. The highest BCUT2D eigenvalue weighted by atomic mass is 31.2. The predicted molar refractivity (Wildman–Crippen MR) is 99.4 cm³/mol. The third kappa shape index (κ3) is 4.94. The van der Waals surface area contributed by atoms with E-state index < -0.39 is 7.14 Å². The fraction of sp³-hybridized carbons (Fsp3) is 0.211. The lowest BCUT2D eigenvalue weighted by Gasteiger charge is -1.97. The van der Waals surface area contributed by atoms with Gasteiger partial charge >= 0.3 is 0 Å². The van der Waals surface area contributed by atoms with E-state index in [1.807, 2.05) is 67.6 Å². The Labute approximate surface area is 137 Å². The summed E-state index contributed by atoms with van der Waals surface area (Å²) in [6.45, 7) is 5.54. The first-order chi connectivity index (χ1) is 10.9. The third-order valence-corrected chi connectivity index (χ3v) is 5.11. The molecule has 0 radical (unpaired) electrons. The molecule has 120 valence electrons. The molecule has 4 heteroatoms. The zero-order valence-corrected chi connectivity index (χ0v) is 14.6. The summed E-state index contributed by atoms with van der Waals surface area (Å²) >= 11 is 0. The van der Waals surface area contributed by atoms with Gasteiger partial charge in [0.2, 0.25) is 0 Å². The first-order valence-electron chi connectivity index (χ1n) is 7.62. The summed E-state index contributed by atoms with van der Waals surface area (Å²) in [7, 11) is -1.65. The van der Waals surface area contributed by atoms with Crippen LogP contribution in [0.2, 0.25) is 0 Å². The standard InChI is InChI=1S/C15H11NO.C4H11OP/c17-15-13(10-11-6-2-1-3-7-11)12-8-4-5-9-14(12)16-15;1-4-6(2,3)5/h1-10H,(H,16,17);4H2,1-3H3/b13-10-;. The number of rotatable bonds is 2. The van der Waals surface area contributed by atoms with E-state index in [0.29, 0.717) is 0 Å². The van der Waals surface area contributed by atoms with Crippen LogP contribution in [0, 0.1) is 0 Å². The van der Waals surface area contributed by atoms with Crippen molar-refractivity contribution in [3.05, 3.63) is 65.7 Å². The van der Waals surface area contributed by atoms with Gasteiger partial charge in [0, 0.05) is 16.8 Å². The lowest BCUT2D eigenvalue weighted by molar-refractivity contribution is -0.110. The summed E-state index contributed by atoms with van der Waals surface area (Å²) in [6, 6.07) is 17.6. The molecular weight excluding hydrogens is 305 g/mol. The van der Waals surface area contributed by atoms with E-state index in [9.17, 15) is 9.36 Å². The average molecular weight is 327 g/mol. The molecule has 1 heterocycles. The number of fused-ring (bicyclic) bond motifs is 1. The molecule has 0 atom stereocenters. The van der Waals surface area contributed by atoms with E-state index >= 15 is 0 Å². The van der Waals surface area contributed by atoms with E-state index in [4.69, 9.17) is 0 Å². The third-order valence-electron chi connectivity index (χ3n) is 3.58. The molecule has 3 nitrogen and oxygen atoms in total. The smallest absolute Gasteiger partial charge is 0.256 e. The summed E-state index contributed by atoms with van der Waals surface area (Å²) < 4.78 is 10.6. The van der Waals surface area contributed by atoms with Gasteiger partial charge in [-0.25, -0.2) is 0 Å². The van der Waals surface area contributed by atoms with Crippen molar-refractivity contribution >= 4 is 30.4 Å². The molecule has 1 aliphatic heterocycles. The van der Waals surface area contributed by atoms with Crippen LogP contribution in [-0.2, 0) is 9.36 Å². The van der Waals surface area contributed by atoms with Crippen molar-refractivity contribution in [1.82, 2.24) is 0 Å². The second kappa shape index (κ2) is 7.43. The number of amides is 1. The van der Waals surface area contributed by atoms with Gasteiger partial charge < -0.3 is 9.88 Å². The first-order valence-corrected chi connectivity index (χ1v) is 10.4. The fourth-order valence-corrected chi connectivity index (χ4v) is 2.00. The molecule has 0 aromatic heterocycles. The number of hydrogen-bond acceptors (Lipinski definition) is 2. The largest absolute Gasteiger partial charge is 0.324 e. The molecule has 1 amide bonds. The van der Waals surface area contributed by atoms with Crippen molar-refractivity contribution in [2.24, 2.45) is 0 Å². The predicted octanol–water partition coefficient (Wildman–Crippen LogP) is 4.81. The summed E-state index contributed by atoms with van der Waals surface area (Å²) in [4.78, 5) is 11.9. The minimum atomic E-state index is -1.65. The van der Waals surface area contributed by atoms with E-state index in [2.05, 4.69) is 5.32 Å². The molecule has 1 aliphatic rings. The van der Waals surface area contributed by atoms with E-state index in [1.165, 1.54) is 0 Å². The van der Waals surface area contributed by atoms with Gasteiger partial charge in [0.05, 0.1) is 7.14 Å². The molecule has 3 rings (SSSR count). The van der Waals surface area contributed by atoms with Crippen molar-refractivity contribution in [1.29, 1.82) is 0 Å². The van der Waals surface area contributed by atoms with Crippen LogP contribution >= 0.6 is 7.14 Å². The molecule has 0 unspecified atom stereocenters. The van der Waals surface area contributed by atoms with Crippen LogP contribution in [0.5, 0.6) is 0 Å². The highest BCUT2D eigenvalue weighted by Gasteiger charge is 2.22. The maximum atomic E-state index is 11.9. The summed E-state index contributed by atoms with van der Waals surface area (Å²) in [6.07, 6.45) is 2.74. The number of carbonyl (C=O) groups is 1. The lowest BCUT2D eigenvalue weighted by atomic mass is 10.0. The first kappa shape index (κ1) is 17.2. The zero-order valence-electron chi connectivity index (χ0n) is 13.7. The number of carbonyl (C=O) groups excluding carboxylic acids is 1. The van der Waals surface area contributed by atoms with Crippen LogP contribution in [0.25, 0.3) is 11.6 Å². The number of para-hydroxylation sites is 1. The second-order valence-corrected chi connectivity index (χ2v) is 9.64. The van der Waals surface area contributed by atoms with E-state index in [0.717, 1.165) is 28.5 Å². The highest BCUT2D eigenvalue weighted by Crippen LogP contribution is 2.34. The van der Waals surface area contributed by atoms with Gasteiger partial charge in [-0.3, -0.25) is 4.79 Å². The molecule has 1 N–H and O–H groups in total. The molecular formula is C19H22NO2P. The Morgan fingerprint density at radius 2 is 1.57 bits per heavy atom. The number of benzene rings is 2. The van der Waals surface area contributed by atoms with E-state index in [1.54, 1.807) is 13.3 Å². The molecule has 0 saturated heterocycles. The van der Waals surface area contributed by atoms with Crippen LogP contribution in [0.1, 0.15) is 18.1 Å². The van der Waals surface area contributed by atoms with Crippen molar-refractivity contribution in [2.75, 3.05) is 24.8 Å². The van der Waals surface area contributed by atoms with Gasteiger partial charge in [-0.05, 0) is 37.2 Å². The fourth-order valence-electron chi connectivity index (χ4n) is 2.00. The molecule has 0 saturated carbocycles. The normalized spacial score (nSPS) is 14.7. The highest BCUT2D eigenvalue weighted by molar-refractivity contribution is 7.62. The summed E-state index contributed by atoms with van der Waals surface area (Å²) in [5.41, 5.74) is 3.63. The molecule has 0 bridgehead atoms. The van der Waals surface area contributed by atoms with Gasteiger partial charge in [0.25, 0.3) is 5.91 Å². The molecule has 0 aliphatic carbocycles. The summed E-state index contributed by atoms with van der Waals surface area (Å²) in [5, 5.41) is 2.86. The molecule has 2 aromatic rings. The van der Waals surface area contributed by atoms with Gasteiger partial charge in [-0.15, -0.1) is 0 Å². The van der Waals surface area contributed by atoms with Crippen LogP contribution in [0.3, 0.4) is 0 Å².